The molecule has 0 amide bonds. The number of nitrogens with zero attached hydrogens (tertiary/aromatic N) is 1. The van der Waals surface area contributed by atoms with E-state index in [-0.39, 0.29) is 24.9 Å². The van der Waals surface area contributed by atoms with E-state index in [2.05, 4.69) is 6.58 Å². The summed E-state index contributed by atoms with van der Waals surface area (Å²) in [6.45, 7) is 10.7. The Balaban J connectivity index is 3.77. The molecule has 7 heteroatoms. The van der Waals surface area contributed by atoms with Gasteiger partial charge in [-0.1, -0.05) is 30.6 Å². The maximum absolute atomic E-state index is 11.4. The molecule has 0 saturated heterocycles. The van der Waals surface area contributed by atoms with Gasteiger partial charge in [0, 0.05) is 18.7 Å². The van der Waals surface area contributed by atoms with Gasteiger partial charge in [0.2, 0.25) is 0 Å². The van der Waals surface area contributed by atoms with Gasteiger partial charge >= 0.3 is 11.9 Å². The third kappa shape index (κ3) is 8.16. The van der Waals surface area contributed by atoms with Crippen LogP contribution >= 0.6 is 24.0 Å². The van der Waals surface area contributed by atoms with Crippen LogP contribution in [0.4, 0.5) is 0 Å². The van der Waals surface area contributed by atoms with Crippen molar-refractivity contribution in [3.63, 3.8) is 0 Å². The van der Waals surface area contributed by atoms with Crippen molar-refractivity contribution in [3.8, 4) is 0 Å². The lowest BCUT2D eigenvalue weighted by Crippen LogP contribution is -2.27. The van der Waals surface area contributed by atoms with Gasteiger partial charge in [0.15, 0.2) is 0 Å². The zero-order chi connectivity index (χ0) is 15.5. The molecule has 0 saturated carbocycles. The first kappa shape index (κ1) is 18.9. The Kier molecular flexibility index (Phi) is 10.1. The Morgan fingerprint density at radius 1 is 1.20 bits per heavy atom. The molecule has 0 aliphatic carbocycles. The Morgan fingerprint density at radius 3 is 2.25 bits per heavy atom. The van der Waals surface area contributed by atoms with Crippen LogP contribution in [0.15, 0.2) is 12.2 Å². The second kappa shape index (κ2) is 10.7. The average Bonchev–Trinajstić information content (AvgIpc) is 2.42. The second-order valence-electron chi connectivity index (χ2n) is 3.86. The van der Waals surface area contributed by atoms with E-state index in [4.69, 9.17) is 21.7 Å². The molecule has 0 fully saturated rings. The maximum Gasteiger partial charge on any atom is 0.333 e. The molecule has 0 aromatic carbocycles. The fourth-order valence-corrected chi connectivity index (χ4v) is 2.35. The Hall–Kier alpha value is -1.08. The maximum atomic E-state index is 11.4. The lowest BCUT2D eigenvalue weighted by atomic mass is 10.4. The second-order valence-corrected chi connectivity index (χ2v) is 5.47. The van der Waals surface area contributed by atoms with E-state index in [0.29, 0.717) is 9.89 Å². The van der Waals surface area contributed by atoms with Crippen molar-refractivity contribution >= 4 is 40.2 Å². The zero-order valence-electron chi connectivity index (χ0n) is 12.1. The minimum absolute atomic E-state index is 0.0303. The first-order chi connectivity index (χ1) is 9.42. The molecule has 0 spiro atoms. The summed E-state index contributed by atoms with van der Waals surface area (Å²) in [5.74, 6) is -0.710. The molecule has 0 aromatic rings. The number of ether oxygens (including phenoxy) is 2. The van der Waals surface area contributed by atoms with Crippen LogP contribution in [-0.4, -0.2) is 53.2 Å². The summed E-state index contributed by atoms with van der Waals surface area (Å²) in [6.07, 6.45) is 0. The quantitative estimate of drug-likeness (QED) is 0.293. The summed E-state index contributed by atoms with van der Waals surface area (Å²) in [5, 5.41) is 0. The van der Waals surface area contributed by atoms with Gasteiger partial charge in [-0.15, -0.1) is 0 Å². The monoisotopic (exact) mass is 319 g/mol. The molecule has 0 heterocycles. The number of esters is 2. The van der Waals surface area contributed by atoms with Crippen LogP contribution in [0.1, 0.15) is 20.8 Å². The molecule has 0 bridgehead atoms. The van der Waals surface area contributed by atoms with E-state index in [1.165, 1.54) is 11.8 Å². The normalized spacial score (nSPS) is 9.75. The standard InChI is InChI=1S/C13H21NO4S2/c1-5-14(6-2)13(19)20-9-11(15)17-7-8-18-12(16)10(3)4/h3,5-9H2,1-2,4H3. The number of hydrogen-bond acceptors (Lipinski definition) is 6. The highest BCUT2D eigenvalue weighted by Crippen LogP contribution is 2.09. The number of thiocarbonyl (C=S) groups is 1. The predicted octanol–water partition coefficient (Wildman–Crippen LogP) is 2.01. The number of hydrogen-bond donors (Lipinski definition) is 0. The van der Waals surface area contributed by atoms with E-state index in [0.717, 1.165) is 13.1 Å². The lowest BCUT2D eigenvalue weighted by Gasteiger charge is -2.20. The van der Waals surface area contributed by atoms with Crippen molar-refractivity contribution in [2.75, 3.05) is 32.1 Å². The van der Waals surface area contributed by atoms with Crippen LogP contribution in [-0.2, 0) is 19.1 Å². The fraction of sp³-hybridized carbons (Fsp3) is 0.615. The fourth-order valence-electron chi connectivity index (χ4n) is 1.15. The average molecular weight is 319 g/mol. The molecule has 20 heavy (non-hydrogen) atoms. The largest absolute Gasteiger partial charge is 0.461 e. The first-order valence-corrected chi connectivity index (χ1v) is 7.71. The van der Waals surface area contributed by atoms with Crippen LogP contribution < -0.4 is 0 Å². The molecule has 0 N–H and O–H groups in total. The highest BCUT2D eigenvalue weighted by atomic mass is 32.2. The lowest BCUT2D eigenvalue weighted by molar-refractivity contribution is -0.148. The third-order valence-corrected chi connectivity index (χ3v) is 3.76. The van der Waals surface area contributed by atoms with E-state index in [1.54, 1.807) is 6.92 Å². The van der Waals surface area contributed by atoms with Crippen LogP contribution in [0.3, 0.4) is 0 Å². The molecule has 114 valence electrons. The topological polar surface area (TPSA) is 55.8 Å². The van der Waals surface area contributed by atoms with Crippen molar-refractivity contribution in [3.05, 3.63) is 12.2 Å². The van der Waals surface area contributed by atoms with Crippen LogP contribution in [0.25, 0.3) is 0 Å². The number of carbonyl (C=O) groups excluding carboxylic acids is 2. The van der Waals surface area contributed by atoms with Crippen molar-refractivity contribution in [2.24, 2.45) is 0 Å². The van der Waals surface area contributed by atoms with Crippen LogP contribution in [0.5, 0.6) is 0 Å². The van der Waals surface area contributed by atoms with E-state index < -0.39 is 5.97 Å². The van der Waals surface area contributed by atoms with Gasteiger partial charge < -0.3 is 14.4 Å². The zero-order valence-corrected chi connectivity index (χ0v) is 13.8. The molecule has 0 aromatic heterocycles. The van der Waals surface area contributed by atoms with Gasteiger partial charge in [-0.25, -0.2) is 4.79 Å². The predicted molar refractivity (Wildman–Crippen MR) is 84.7 cm³/mol. The van der Waals surface area contributed by atoms with E-state index >= 15 is 0 Å². The van der Waals surface area contributed by atoms with E-state index in [1.807, 2.05) is 18.7 Å². The van der Waals surface area contributed by atoms with Gasteiger partial charge in [0.1, 0.15) is 17.5 Å². The summed E-state index contributed by atoms with van der Waals surface area (Å²) in [5.41, 5.74) is 0.316. The van der Waals surface area contributed by atoms with Crippen LogP contribution in [0, 0.1) is 0 Å². The smallest absolute Gasteiger partial charge is 0.333 e. The highest BCUT2D eigenvalue weighted by Gasteiger charge is 2.10. The molecule has 5 nitrogen and oxygen atoms in total. The number of carbonyl (C=O) groups is 2. The molecular formula is C13H21NO4S2. The van der Waals surface area contributed by atoms with Crippen molar-refractivity contribution in [1.29, 1.82) is 0 Å². The molecule has 0 aliphatic heterocycles. The van der Waals surface area contributed by atoms with Gasteiger partial charge in [-0.3, -0.25) is 4.79 Å². The van der Waals surface area contributed by atoms with Gasteiger partial charge in [0.25, 0.3) is 0 Å². The molecule has 0 radical (unpaired) electrons. The SMILES string of the molecule is C=C(C)C(=O)OCCOC(=O)CSC(=S)N(CC)CC. The Labute approximate surface area is 129 Å². The molecule has 0 aliphatic rings. The van der Waals surface area contributed by atoms with Crippen molar-refractivity contribution < 1.29 is 19.1 Å². The summed E-state index contributed by atoms with van der Waals surface area (Å²) >= 11 is 6.46. The Morgan fingerprint density at radius 2 is 1.75 bits per heavy atom. The number of thioether (sulfide) groups is 1. The molecule has 0 atom stereocenters. The summed E-state index contributed by atoms with van der Waals surface area (Å²) in [7, 11) is 0. The first-order valence-electron chi connectivity index (χ1n) is 6.32. The van der Waals surface area contributed by atoms with Crippen LogP contribution in [0.2, 0.25) is 0 Å². The third-order valence-electron chi connectivity index (χ3n) is 2.26. The number of rotatable bonds is 8. The summed E-state index contributed by atoms with van der Waals surface area (Å²) in [6, 6.07) is 0. The van der Waals surface area contributed by atoms with Crippen molar-refractivity contribution in [2.45, 2.75) is 20.8 Å². The van der Waals surface area contributed by atoms with Gasteiger partial charge in [0.05, 0.1) is 5.75 Å². The summed E-state index contributed by atoms with van der Waals surface area (Å²) in [4.78, 5) is 24.5. The summed E-state index contributed by atoms with van der Waals surface area (Å²) < 4.78 is 10.4. The van der Waals surface area contributed by atoms with E-state index in [9.17, 15) is 9.59 Å². The van der Waals surface area contributed by atoms with Gasteiger partial charge in [-0.2, -0.15) is 0 Å². The highest BCUT2D eigenvalue weighted by molar-refractivity contribution is 8.23. The Bertz CT molecular complexity index is 367. The molecule has 0 unspecified atom stereocenters. The molecular weight excluding hydrogens is 298 g/mol. The minimum atomic E-state index is -0.488. The minimum Gasteiger partial charge on any atom is -0.461 e. The molecule has 0 rings (SSSR count). The van der Waals surface area contributed by atoms with Gasteiger partial charge in [-0.05, 0) is 20.8 Å². The van der Waals surface area contributed by atoms with Crippen molar-refractivity contribution in [1.82, 2.24) is 4.90 Å².